The second-order valence-electron chi connectivity index (χ2n) is 6.14. The van der Waals surface area contributed by atoms with Crippen molar-refractivity contribution in [1.82, 2.24) is 0 Å². The molecule has 0 radical (unpaired) electrons. The van der Waals surface area contributed by atoms with Gasteiger partial charge >= 0.3 is 128 Å². The standard InChI is InChI=1S/C17H31O3P/c1-3-4-5-6-7-8-9-12-15-21(18,19,20)17-14-11-10-13-16(17)2/h10-11,13-14,18-20H,3-9,12,15H2,1-2H3. The minimum atomic E-state index is -4.68. The number of benzene rings is 1. The fraction of sp³-hybridized carbons (Fsp3) is 0.647. The Labute approximate surface area is 129 Å². The van der Waals surface area contributed by atoms with Gasteiger partial charge in [-0.1, -0.05) is 0 Å². The van der Waals surface area contributed by atoms with Crippen molar-refractivity contribution in [3.05, 3.63) is 29.8 Å². The van der Waals surface area contributed by atoms with Gasteiger partial charge in [-0.25, -0.2) is 0 Å². The van der Waals surface area contributed by atoms with Crippen molar-refractivity contribution in [3.63, 3.8) is 0 Å². The van der Waals surface area contributed by atoms with E-state index in [0.717, 1.165) is 18.4 Å². The van der Waals surface area contributed by atoms with E-state index in [2.05, 4.69) is 6.92 Å². The zero-order chi connectivity index (χ0) is 15.8. The van der Waals surface area contributed by atoms with Gasteiger partial charge in [0.1, 0.15) is 0 Å². The van der Waals surface area contributed by atoms with Gasteiger partial charge in [-0.3, -0.25) is 0 Å². The van der Waals surface area contributed by atoms with E-state index in [-0.39, 0.29) is 6.16 Å². The molecular weight excluding hydrogens is 283 g/mol. The van der Waals surface area contributed by atoms with Gasteiger partial charge in [0.2, 0.25) is 0 Å². The zero-order valence-electron chi connectivity index (χ0n) is 13.5. The van der Waals surface area contributed by atoms with E-state index in [9.17, 15) is 14.7 Å². The van der Waals surface area contributed by atoms with E-state index in [1.54, 1.807) is 25.1 Å². The summed E-state index contributed by atoms with van der Waals surface area (Å²) in [5.41, 5.74) is 0.738. The van der Waals surface area contributed by atoms with Crippen molar-refractivity contribution in [3.8, 4) is 0 Å². The van der Waals surface area contributed by atoms with Crippen LogP contribution < -0.4 is 5.30 Å². The maximum atomic E-state index is 10.3. The Hall–Kier alpha value is -0.470. The molecule has 0 aliphatic rings. The van der Waals surface area contributed by atoms with E-state index in [1.165, 1.54) is 32.1 Å². The van der Waals surface area contributed by atoms with E-state index < -0.39 is 7.28 Å². The van der Waals surface area contributed by atoms with Crippen molar-refractivity contribution in [2.45, 2.75) is 65.2 Å². The van der Waals surface area contributed by atoms with Crippen LogP contribution in [0.5, 0.6) is 0 Å². The van der Waals surface area contributed by atoms with Crippen LogP contribution in [0, 0.1) is 6.92 Å². The number of unbranched alkanes of at least 4 members (excludes halogenated alkanes) is 7. The van der Waals surface area contributed by atoms with Crippen LogP contribution in [0.2, 0.25) is 0 Å². The predicted molar refractivity (Wildman–Crippen MR) is 91.9 cm³/mol. The van der Waals surface area contributed by atoms with Gasteiger partial charge in [0.15, 0.2) is 0 Å². The average Bonchev–Trinajstić information content (AvgIpc) is 2.41. The van der Waals surface area contributed by atoms with E-state index in [4.69, 9.17) is 0 Å². The molecule has 1 aromatic rings. The molecule has 0 aliphatic carbocycles. The molecule has 0 saturated heterocycles. The van der Waals surface area contributed by atoms with Crippen LogP contribution in [-0.2, 0) is 0 Å². The van der Waals surface area contributed by atoms with Crippen molar-refractivity contribution < 1.29 is 14.7 Å². The van der Waals surface area contributed by atoms with Gasteiger partial charge in [-0.2, -0.15) is 0 Å². The van der Waals surface area contributed by atoms with Crippen LogP contribution in [-0.4, -0.2) is 20.8 Å². The Morgan fingerprint density at radius 3 is 1.90 bits per heavy atom. The third kappa shape index (κ3) is 6.44. The fourth-order valence-corrected chi connectivity index (χ4v) is 4.97. The summed E-state index contributed by atoms with van der Waals surface area (Å²) in [5.74, 6) is 0. The maximum absolute atomic E-state index is 10.3. The summed E-state index contributed by atoms with van der Waals surface area (Å²) in [4.78, 5) is 31.0. The van der Waals surface area contributed by atoms with Gasteiger partial charge in [0.25, 0.3) is 0 Å². The van der Waals surface area contributed by atoms with E-state index >= 15 is 0 Å². The van der Waals surface area contributed by atoms with Crippen molar-refractivity contribution in [2.75, 3.05) is 6.16 Å². The molecule has 3 nitrogen and oxygen atoms in total. The predicted octanol–water partition coefficient (Wildman–Crippen LogP) is 4.04. The second kappa shape index (κ2) is 8.24. The Morgan fingerprint density at radius 2 is 1.33 bits per heavy atom. The molecule has 21 heavy (non-hydrogen) atoms. The minimum absolute atomic E-state index is 0.0748. The number of rotatable bonds is 10. The molecule has 0 heterocycles. The van der Waals surface area contributed by atoms with Crippen molar-refractivity contribution in [2.24, 2.45) is 0 Å². The van der Waals surface area contributed by atoms with Gasteiger partial charge in [0, 0.05) is 0 Å². The summed E-state index contributed by atoms with van der Waals surface area (Å²) in [7, 11) is -4.68. The Morgan fingerprint density at radius 1 is 0.810 bits per heavy atom. The van der Waals surface area contributed by atoms with Crippen LogP contribution in [0.15, 0.2) is 24.3 Å². The third-order valence-corrected chi connectivity index (χ3v) is 6.66. The second-order valence-corrected chi connectivity index (χ2v) is 9.37. The van der Waals surface area contributed by atoms with Gasteiger partial charge < -0.3 is 0 Å². The van der Waals surface area contributed by atoms with Crippen LogP contribution >= 0.6 is 7.28 Å². The summed E-state index contributed by atoms with van der Waals surface area (Å²) in [6.07, 6.45) is 9.07. The summed E-state index contributed by atoms with van der Waals surface area (Å²) >= 11 is 0. The molecule has 4 heteroatoms. The Balaban J connectivity index is 2.37. The summed E-state index contributed by atoms with van der Waals surface area (Å²) in [5, 5.41) is 0.312. The van der Waals surface area contributed by atoms with Crippen LogP contribution in [0.3, 0.4) is 0 Å². The normalized spacial score (nSPS) is 13.9. The fourth-order valence-electron chi connectivity index (χ4n) is 2.73. The molecule has 0 amide bonds. The summed E-state index contributed by atoms with van der Waals surface area (Å²) < 4.78 is 0. The average molecular weight is 314 g/mol. The third-order valence-electron chi connectivity index (χ3n) is 4.03. The summed E-state index contributed by atoms with van der Waals surface area (Å²) in [6.45, 7) is 4.01. The molecular formula is C17H31O3P. The molecule has 0 aliphatic heterocycles. The Bertz CT molecular complexity index is 424. The quantitative estimate of drug-likeness (QED) is 0.451. The topological polar surface area (TPSA) is 60.7 Å². The van der Waals surface area contributed by atoms with Crippen molar-refractivity contribution in [1.29, 1.82) is 0 Å². The molecule has 0 spiro atoms. The molecule has 0 aromatic heterocycles. The van der Waals surface area contributed by atoms with Crippen LogP contribution in [0.25, 0.3) is 0 Å². The SMILES string of the molecule is CCCCCCCCCCP(O)(O)(O)c1ccccc1C. The summed E-state index contributed by atoms with van der Waals surface area (Å²) in [6, 6.07) is 6.99. The van der Waals surface area contributed by atoms with Gasteiger partial charge in [0.05, 0.1) is 0 Å². The monoisotopic (exact) mass is 314 g/mol. The molecule has 3 N–H and O–H groups in total. The number of hydrogen-bond acceptors (Lipinski definition) is 3. The molecule has 0 unspecified atom stereocenters. The van der Waals surface area contributed by atoms with E-state index in [1.807, 2.05) is 6.07 Å². The molecule has 1 aromatic carbocycles. The zero-order valence-corrected chi connectivity index (χ0v) is 14.4. The first-order valence-corrected chi connectivity index (χ1v) is 10.5. The Kier molecular flexibility index (Phi) is 7.29. The molecule has 1 rings (SSSR count). The first-order valence-electron chi connectivity index (χ1n) is 8.17. The van der Waals surface area contributed by atoms with E-state index in [0.29, 0.717) is 11.7 Å². The molecule has 0 saturated carbocycles. The van der Waals surface area contributed by atoms with Crippen molar-refractivity contribution >= 4 is 12.6 Å². The van der Waals surface area contributed by atoms with Crippen LogP contribution in [0.1, 0.15) is 63.9 Å². The van der Waals surface area contributed by atoms with Gasteiger partial charge in [-0.05, 0) is 0 Å². The van der Waals surface area contributed by atoms with Crippen LogP contribution in [0.4, 0.5) is 0 Å². The van der Waals surface area contributed by atoms with Gasteiger partial charge in [-0.15, -0.1) is 0 Å². The molecule has 0 fully saturated rings. The molecule has 0 bridgehead atoms. The number of aryl methyl sites for hydroxylation is 1. The number of hydrogen-bond donors (Lipinski definition) is 3. The first-order chi connectivity index (χ1) is 9.85. The molecule has 0 atom stereocenters. The molecule has 122 valence electrons. The first kappa shape index (κ1) is 18.6.